The topological polar surface area (TPSA) is 12.0 Å². The van der Waals surface area contributed by atoms with Crippen molar-refractivity contribution in [1.29, 1.82) is 0 Å². The van der Waals surface area contributed by atoms with Gasteiger partial charge in [-0.1, -0.05) is 40.9 Å². The highest BCUT2D eigenvalue weighted by Crippen LogP contribution is 2.34. The fourth-order valence-electron chi connectivity index (χ4n) is 1.85. The molecule has 2 aromatic carbocycles. The molecule has 0 heterocycles. The standard InChI is InChI=1S/C14H12Cl3N/c1-18-8-9-2-3-10(15)6-12(9)13-7-11(16)4-5-14(13)17/h2-7,18H,8H2,1H3. The van der Waals surface area contributed by atoms with Crippen LogP contribution in [0.5, 0.6) is 0 Å². The van der Waals surface area contributed by atoms with Crippen molar-refractivity contribution < 1.29 is 0 Å². The van der Waals surface area contributed by atoms with Gasteiger partial charge in [-0.25, -0.2) is 0 Å². The van der Waals surface area contributed by atoms with E-state index in [0.717, 1.165) is 23.2 Å². The number of hydrogen-bond donors (Lipinski definition) is 1. The quantitative estimate of drug-likeness (QED) is 0.838. The summed E-state index contributed by atoms with van der Waals surface area (Å²) in [7, 11) is 1.90. The molecule has 0 aromatic heterocycles. The average Bonchev–Trinajstić information content (AvgIpc) is 2.35. The smallest absolute Gasteiger partial charge is 0.0485 e. The zero-order valence-corrected chi connectivity index (χ0v) is 12.1. The Bertz CT molecular complexity index is 567. The second-order valence-corrected chi connectivity index (χ2v) is 5.24. The molecule has 0 aliphatic heterocycles. The highest BCUT2D eigenvalue weighted by molar-refractivity contribution is 6.35. The summed E-state index contributed by atoms with van der Waals surface area (Å²) in [5.74, 6) is 0. The highest BCUT2D eigenvalue weighted by Gasteiger charge is 2.10. The maximum atomic E-state index is 6.23. The van der Waals surface area contributed by atoms with Gasteiger partial charge in [0.2, 0.25) is 0 Å². The predicted octanol–water partition coefficient (Wildman–Crippen LogP) is 5.03. The predicted molar refractivity (Wildman–Crippen MR) is 79.7 cm³/mol. The lowest BCUT2D eigenvalue weighted by Gasteiger charge is -2.12. The van der Waals surface area contributed by atoms with Crippen molar-refractivity contribution in [1.82, 2.24) is 5.32 Å². The molecule has 0 atom stereocenters. The summed E-state index contributed by atoms with van der Waals surface area (Å²) in [5.41, 5.74) is 3.03. The molecule has 0 fully saturated rings. The van der Waals surface area contributed by atoms with Crippen LogP contribution < -0.4 is 5.32 Å². The van der Waals surface area contributed by atoms with Crippen LogP contribution in [0.1, 0.15) is 5.56 Å². The van der Waals surface area contributed by atoms with E-state index in [1.54, 1.807) is 12.1 Å². The van der Waals surface area contributed by atoms with Crippen LogP contribution in [0.3, 0.4) is 0 Å². The maximum absolute atomic E-state index is 6.23. The summed E-state index contributed by atoms with van der Waals surface area (Å²) in [6.45, 7) is 0.745. The molecule has 0 saturated carbocycles. The normalized spacial score (nSPS) is 10.7. The van der Waals surface area contributed by atoms with Crippen molar-refractivity contribution in [2.24, 2.45) is 0 Å². The van der Waals surface area contributed by atoms with Crippen LogP contribution in [0.2, 0.25) is 15.1 Å². The van der Waals surface area contributed by atoms with Gasteiger partial charge in [0, 0.05) is 27.2 Å². The molecule has 4 heteroatoms. The Morgan fingerprint density at radius 3 is 2.17 bits per heavy atom. The van der Waals surface area contributed by atoms with Gasteiger partial charge in [-0.2, -0.15) is 0 Å². The van der Waals surface area contributed by atoms with Crippen LogP contribution in [-0.4, -0.2) is 7.05 Å². The van der Waals surface area contributed by atoms with Gasteiger partial charge < -0.3 is 5.32 Å². The summed E-state index contributed by atoms with van der Waals surface area (Å²) in [4.78, 5) is 0. The average molecular weight is 301 g/mol. The number of benzene rings is 2. The molecule has 0 aliphatic rings. The van der Waals surface area contributed by atoms with E-state index in [-0.39, 0.29) is 0 Å². The second-order valence-electron chi connectivity index (χ2n) is 3.96. The van der Waals surface area contributed by atoms with E-state index >= 15 is 0 Å². The molecule has 0 saturated heterocycles. The summed E-state index contributed by atoms with van der Waals surface area (Å²) in [6, 6.07) is 11.2. The van der Waals surface area contributed by atoms with E-state index in [1.165, 1.54) is 0 Å². The van der Waals surface area contributed by atoms with Crippen LogP contribution in [0.4, 0.5) is 0 Å². The van der Waals surface area contributed by atoms with E-state index in [1.807, 2.05) is 31.3 Å². The maximum Gasteiger partial charge on any atom is 0.0485 e. The van der Waals surface area contributed by atoms with Gasteiger partial charge in [0.15, 0.2) is 0 Å². The van der Waals surface area contributed by atoms with E-state index < -0.39 is 0 Å². The van der Waals surface area contributed by atoms with Crippen LogP contribution in [0.25, 0.3) is 11.1 Å². The summed E-state index contributed by atoms with van der Waals surface area (Å²) < 4.78 is 0. The first-order chi connectivity index (χ1) is 8.61. The lowest BCUT2D eigenvalue weighted by Crippen LogP contribution is -2.06. The molecule has 1 N–H and O–H groups in total. The lowest BCUT2D eigenvalue weighted by molar-refractivity contribution is 0.819. The zero-order chi connectivity index (χ0) is 13.1. The van der Waals surface area contributed by atoms with Crippen molar-refractivity contribution in [3.05, 3.63) is 57.0 Å². The summed E-state index contributed by atoms with van der Waals surface area (Å²) >= 11 is 18.3. The SMILES string of the molecule is CNCc1ccc(Cl)cc1-c1cc(Cl)ccc1Cl. The molecule has 0 amide bonds. The van der Waals surface area contributed by atoms with Crippen molar-refractivity contribution in [2.75, 3.05) is 7.05 Å². The molecule has 2 rings (SSSR count). The Morgan fingerprint density at radius 2 is 1.50 bits per heavy atom. The molecule has 0 bridgehead atoms. The first-order valence-corrected chi connectivity index (χ1v) is 6.63. The minimum atomic E-state index is 0.657. The van der Waals surface area contributed by atoms with Gasteiger partial charge in [0.1, 0.15) is 0 Å². The third kappa shape index (κ3) is 2.99. The molecule has 0 aliphatic carbocycles. The molecule has 18 heavy (non-hydrogen) atoms. The van der Waals surface area contributed by atoms with E-state index in [4.69, 9.17) is 34.8 Å². The van der Waals surface area contributed by atoms with E-state index in [0.29, 0.717) is 15.1 Å². The fraction of sp³-hybridized carbons (Fsp3) is 0.143. The Labute approximate surface area is 122 Å². The summed E-state index contributed by atoms with van der Waals surface area (Å²) in [5, 5.41) is 5.13. The molecule has 1 nitrogen and oxygen atoms in total. The fourth-order valence-corrected chi connectivity index (χ4v) is 2.41. The molecule has 2 aromatic rings. The molecule has 0 unspecified atom stereocenters. The monoisotopic (exact) mass is 299 g/mol. The van der Waals surface area contributed by atoms with Crippen molar-refractivity contribution in [3.8, 4) is 11.1 Å². The highest BCUT2D eigenvalue weighted by atomic mass is 35.5. The number of rotatable bonds is 3. The van der Waals surface area contributed by atoms with Crippen LogP contribution in [-0.2, 0) is 6.54 Å². The number of hydrogen-bond acceptors (Lipinski definition) is 1. The van der Waals surface area contributed by atoms with Gasteiger partial charge in [-0.05, 0) is 48.5 Å². The molecule has 0 radical (unpaired) electrons. The number of nitrogens with one attached hydrogen (secondary N) is 1. The molecular weight excluding hydrogens is 289 g/mol. The van der Waals surface area contributed by atoms with E-state index in [9.17, 15) is 0 Å². The third-order valence-corrected chi connectivity index (χ3v) is 3.46. The minimum absolute atomic E-state index is 0.657. The Kier molecular flexibility index (Phi) is 4.52. The Hall–Kier alpha value is -0.730. The molecule has 94 valence electrons. The second kappa shape index (κ2) is 5.94. The van der Waals surface area contributed by atoms with Gasteiger partial charge in [0.25, 0.3) is 0 Å². The first-order valence-electron chi connectivity index (χ1n) is 5.50. The van der Waals surface area contributed by atoms with Gasteiger partial charge >= 0.3 is 0 Å². The largest absolute Gasteiger partial charge is 0.316 e. The van der Waals surface area contributed by atoms with Crippen LogP contribution in [0, 0.1) is 0 Å². The third-order valence-electron chi connectivity index (χ3n) is 2.66. The van der Waals surface area contributed by atoms with Gasteiger partial charge in [-0.15, -0.1) is 0 Å². The zero-order valence-electron chi connectivity index (χ0n) is 9.81. The van der Waals surface area contributed by atoms with Gasteiger partial charge in [0.05, 0.1) is 0 Å². The van der Waals surface area contributed by atoms with E-state index in [2.05, 4.69) is 5.32 Å². The Balaban J connectivity index is 2.61. The van der Waals surface area contributed by atoms with Gasteiger partial charge in [-0.3, -0.25) is 0 Å². The van der Waals surface area contributed by atoms with Crippen molar-refractivity contribution >= 4 is 34.8 Å². The Morgan fingerprint density at radius 1 is 0.889 bits per heavy atom. The lowest BCUT2D eigenvalue weighted by atomic mass is 9.99. The number of halogens is 3. The van der Waals surface area contributed by atoms with Crippen LogP contribution >= 0.6 is 34.8 Å². The summed E-state index contributed by atoms with van der Waals surface area (Å²) in [6.07, 6.45) is 0. The minimum Gasteiger partial charge on any atom is -0.316 e. The molecule has 0 spiro atoms. The molecular formula is C14H12Cl3N. The van der Waals surface area contributed by atoms with Crippen molar-refractivity contribution in [3.63, 3.8) is 0 Å². The first kappa shape index (κ1) is 13.7. The van der Waals surface area contributed by atoms with Crippen LogP contribution in [0.15, 0.2) is 36.4 Å². The van der Waals surface area contributed by atoms with Crippen molar-refractivity contribution in [2.45, 2.75) is 6.54 Å².